The molecular formula is C12H20. The second-order valence-corrected chi connectivity index (χ2v) is 3.99. The molecule has 0 amide bonds. The minimum Gasteiger partial charge on any atom is -0.0773 e. The molecule has 0 nitrogen and oxygen atoms in total. The van der Waals surface area contributed by atoms with Gasteiger partial charge in [0.05, 0.1) is 0 Å². The number of rotatable bonds is 4. The molecule has 0 saturated heterocycles. The molecule has 1 unspecified atom stereocenters. The molecule has 0 aromatic heterocycles. The minimum absolute atomic E-state index is 0.702. The molecule has 1 aliphatic rings. The quantitative estimate of drug-likeness (QED) is 0.590. The molecule has 0 aliphatic heterocycles. The molecule has 0 aromatic carbocycles. The molecule has 0 bridgehead atoms. The third-order valence-corrected chi connectivity index (χ3v) is 2.50. The predicted molar refractivity (Wildman–Crippen MR) is 55.1 cm³/mol. The first-order valence-electron chi connectivity index (χ1n) is 5.14. The van der Waals surface area contributed by atoms with E-state index in [0.29, 0.717) is 5.92 Å². The Morgan fingerprint density at radius 2 is 2.17 bits per heavy atom. The normalized spacial score (nSPS) is 22.0. The highest BCUT2D eigenvalue weighted by molar-refractivity contribution is 5.30. The predicted octanol–water partition coefficient (Wildman–Crippen LogP) is 3.95. The van der Waals surface area contributed by atoms with E-state index in [1.807, 2.05) is 0 Å². The van der Waals surface area contributed by atoms with Crippen LogP contribution in [0.4, 0.5) is 0 Å². The van der Waals surface area contributed by atoms with Gasteiger partial charge in [0.25, 0.3) is 0 Å². The Morgan fingerprint density at radius 3 is 2.67 bits per heavy atom. The van der Waals surface area contributed by atoms with Crippen molar-refractivity contribution in [2.45, 2.75) is 40.0 Å². The summed E-state index contributed by atoms with van der Waals surface area (Å²) in [7, 11) is 0. The van der Waals surface area contributed by atoms with Gasteiger partial charge in [-0.05, 0) is 23.8 Å². The van der Waals surface area contributed by atoms with Crippen molar-refractivity contribution < 1.29 is 0 Å². The van der Waals surface area contributed by atoms with Gasteiger partial charge in [-0.2, -0.15) is 0 Å². The molecule has 0 heteroatoms. The zero-order valence-electron chi connectivity index (χ0n) is 8.51. The lowest BCUT2D eigenvalue weighted by atomic mass is 10.0. The van der Waals surface area contributed by atoms with Crippen molar-refractivity contribution in [2.24, 2.45) is 11.8 Å². The van der Waals surface area contributed by atoms with Crippen LogP contribution in [0.1, 0.15) is 40.0 Å². The monoisotopic (exact) mass is 164 g/mol. The molecule has 12 heavy (non-hydrogen) atoms. The average Bonchev–Trinajstić information content (AvgIpc) is 2.48. The average molecular weight is 164 g/mol. The summed E-state index contributed by atoms with van der Waals surface area (Å²) in [4.78, 5) is 0. The van der Waals surface area contributed by atoms with Gasteiger partial charge in [-0.25, -0.2) is 0 Å². The highest BCUT2D eigenvalue weighted by Crippen LogP contribution is 2.25. The van der Waals surface area contributed by atoms with Crippen LogP contribution >= 0.6 is 0 Å². The topological polar surface area (TPSA) is 0 Å². The zero-order valence-corrected chi connectivity index (χ0v) is 8.51. The van der Waals surface area contributed by atoms with Crippen LogP contribution in [0.3, 0.4) is 0 Å². The summed E-state index contributed by atoms with van der Waals surface area (Å²) in [5, 5.41) is 0. The van der Waals surface area contributed by atoms with E-state index >= 15 is 0 Å². The second-order valence-electron chi connectivity index (χ2n) is 3.99. The van der Waals surface area contributed by atoms with E-state index in [1.54, 1.807) is 0 Å². The van der Waals surface area contributed by atoms with Gasteiger partial charge in [-0.15, -0.1) is 0 Å². The maximum Gasteiger partial charge on any atom is -0.00444 e. The van der Waals surface area contributed by atoms with Gasteiger partial charge in [0.15, 0.2) is 0 Å². The first-order chi connectivity index (χ1) is 5.74. The minimum atomic E-state index is 0.702. The van der Waals surface area contributed by atoms with Gasteiger partial charge in [0.2, 0.25) is 0 Å². The number of hydrogen-bond acceptors (Lipinski definition) is 0. The van der Waals surface area contributed by atoms with Gasteiger partial charge in [0, 0.05) is 0 Å². The van der Waals surface area contributed by atoms with E-state index in [9.17, 15) is 0 Å². The molecule has 1 aliphatic carbocycles. The molecule has 0 fully saturated rings. The lowest BCUT2D eigenvalue weighted by Crippen LogP contribution is -1.90. The number of unbranched alkanes of at least 4 members (excludes halogenated alkanes) is 1. The smallest absolute Gasteiger partial charge is 0.00444 e. The van der Waals surface area contributed by atoms with Crippen molar-refractivity contribution in [1.29, 1.82) is 0 Å². The Balaban J connectivity index is 2.38. The summed E-state index contributed by atoms with van der Waals surface area (Å²) in [6, 6.07) is 0. The maximum atomic E-state index is 2.43. The van der Waals surface area contributed by atoms with Crippen LogP contribution < -0.4 is 0 Å². The molecule has 0 spiro atoms. The molecule has 0 saturated carbocycles. The first-order valence-corrected chi connectivity index (χ1v) is 5.14. The van der Waals surface area contributed by atoms with Crippen LogP contribution in [0, 0.1) is 11.8 Å². The van der Waals surface area contributed by atoms with Crippen LogP contribution in [-0.2, 0) is 0 Å². The largest absolute Gasteiger partial charge is 0.0773 e. The molecule has 1 rings (SSSR count). The van der Waals surface area contributed by atoms with Crippen molar-refractivity contribution in [1.82, 2.24) is 0 Å². The van der Waals surface area contributed by atoms with E-state index in [2.05, 4.69) is 39.0 Å². The van der Waals surface area contributed by atoms with Crippen LogP contribution in [0.5, 0.6) is 0 Å². The summed E-state index contributed by atoms with van der Waals surface area (Å²) < 4.78 is 0. The van der Waals surface area contributed by atoms with Gasteiger partial charge < -0.3 is 0 Å². The molecular weight excluding hydrogens is 144 g/mol. The molecule has 1 atom stereocenters. The fourth-order valence-corrected chi connectivity index (χ4v) is 1.60. The highest BCUT2D eigenvalue weighted by Gasteiger charge is 2.10. The van der Waals surface area contributed by atoms with E-state index < -0.39 is 0 Å². The lowest BCUT2D eigenvalue weighted by Gasteiger charge is -2.04. The summed E-state index contributed by atoms with van der Waals surface area (Å²) in [6.45, 7) is 6.78. The number of hydrogen-bond donors (Lipinski definition) is 0. The summed E-state index contributed by atoms with van der Waals surface area (Å²) in [6.07, 6.45) is 11.1. The number of allylic oxidation sites excluding steroid dienone is 4. The van der Waals surface area contributed by atoms with Crippen molar-refractivity contribution >= 4 is 0 Å². The summed E-state index contributed by atoms with van der Waals surface area (Å²) in [5.41, 5.74) is 1.52. The Bertz CT molecular complexity index is 184. The first kappa shape index (κ1) is 9.57. The Morgan fingerprint density at radius 1 is 1.42 bits per heavy atom. The molecule has 68 valence electrons. The van der Waals surface area contributed by atoms with Crippen molar-refractivity contribution in [3.05, 3.63) is 23.8 Å². The molecule has 0 aromatic rings. The molecule has 0 radical (unpaired) electrons. The van der Waals surface area contributed by atoms with E-state index in [0.717, 1.165) is 5.92 Å². The molecule has 0 heterocycles. The zero-order chi connectivity index (χ0) is 8.97. The van der Waals surface area contributed by atoms with Gasteiger partial charge >= 0.3 is 0 Å². The van der Waals surface area contributed by atoms with E-state index in [4.69, 9.17) is 0 Å². The van der Waals surface area contributed by atoms with Gasteiger partial charge in [-0.1, -0.05) is 51.8 Å². The van der Waals surface area contributed by atoms with Crippen LogP contribution in [0.15, 0.2) is 23.8 Å². The highest BCUT2D eigenvalue weighted by atomic mass is 14.2. The lowest BCUT2D eigenvalue weighted by molar-refractivity contribution is 0.643. The summed E-state index contributed by atoms with van der Waals surface area (Å²) >= 11 is 0. The Hall–Kier alpha value is -0.520. The fourth-order valence-electron chi connectivity index (χ4n) is 1.60. The maximum absolute atomic E-state index is 2.43. The van der Waals surface area contributed by atoms with Crippen LogP contribution in [0.25, 0.3) is 0 Å². The standard InChI is InChI=1S/C12H20/c1-4-5-6-11-7-8-12(9-11)10(2)3/h7-11H,4-6H2,1-3H3. The van der Waals surface area contributed by atoms with E-state index in [-0.39, 0.29) is 0 Å². The Labute approximate surface area is 76.4 Å². The van der Waals surface area contributed by atoms with E-state index in [1.165, 1.54) is 24.8 Å². The fraction of sp³-hybridized carbons (Fsp3) is 0.667. The second kappa shape index (κ2) is 4.49. The van der Waals surface area contributed by atoms with Crippen molar-refractivity contribution in [2.75, 3.05) is 0 Å². The SMILES string of the molecule is CCCCC1C=CC(C(C)C)=C1. The van der Waals surface area contributed by atoms with Gasteiger partial charge in [-0.3, -0.25) is 0 Å². The Kier molecular flexibility index (Phi) is 3.58. The third-order valence-electron chi connectivity index (χ3n) is 2.50. The van der Waals surface area contributed by atoms with Crippen molar-refractivity contribution in [3.63, 3.8) is 0 Å². The third kappa shape index (κ3) is 2.51. The summed E-state index contributed by atoms with van der Waals surface area (Å²) in [5.74, 6) is 1.44. The van der Waals surface area contributed by atoms with Crippen molar-refractivity contribution in [3.8, 4) is 0 Å². The van der Waals surface area contributed by atoms with Crippen LogP contribution in [-0.4, -0.2) is 0 Å². The molecule has 0 N–H and O–H groups in total. The van der Waals surface area contributed by atoms with Gasteiger partial charge in [0.1, 0.15) is 0 Å². The van der Waals surface area contributed by atoms with Crippen LogP contribution in [0.2, 0.25) is 0 Å².